The minimum atomic E-state index is -1.67. The van der Waals surface area contributed by atoms with Gasteiger partial charge in [-0.2, -0.15) is 0 Å². The second kappa shape index (κ2) is 9.27. The second-order valence-corrected chi connectivity index (χ2v) is 7.87. The van der Waals surface area contributed by atoms with Gasteiger partial charge in [-0.05, 0) is 24.1 Å². The van der Waals surface area contributed by atoms with Gasteiger partial charge in [0.25, 0.3) is 0 Å². The van der Waals surface area contributed by atoms with Gasteiger partial charge >= 0.3 is 0 Å². The van der Waals surface area contributed by atoms with Crippen molar-refractivity contribution in [3.8, 4) is 0 Å². The molecule has 6 heteroatoms. The minimum absolute atomic E-state index is 0.306. The molecule has 1 N–H and O–H groups in total. The predicted molar refractivity (Wildman–Crippen MR) is 110 cm³/mol. The van der Waals surface area contributed by atoms with Crippen molar-refractivity contribution in [3.63, 3.8) is 0 Å². The first-order valence-electron chi connectivity index (χ1n) is 10.3. The van der Waals surface area contributed by atoms with Crippen LogP contribution >= 0.6 is 0 Å². The van der Waals surface area contributed by atoms with Gasteiger partial charge in [-0.3, -0.25) is 15.1 Å². The number of aromatic nitrogens is 1. The smallest absolute Gasteiger partial charge is 0.226 e. The van der Waals surface area contributed by atoms with Crippen molar-refractivity contribution in [3.05, 3.63) is 76.1 Å². The number of pyridine rings is 1. The molecule has 1 aromatic heterocycles. The fourth-order valence-electron chi connectivity index (χ4n) is 4.93. The summed E-state index contributed by atoms with van der Waals surface area (Å²) >= 11 is 0. The van der Waals surface area contributed by atoms with Crippen molar-refractivity contribution in [2.75, 3.05) is 0 Å². The van der Waals surface area contributed by atoms with Gasteiger partial charge in [-0.15, -0.1) is 0 Å². The van der Waals surface area contributed by atoms with E-state index in [-0.39, 0.29) is 4.92 Å². The Morgan fingerprint density at radius 3 is 2.45 bits per heavy atom. The molecular weight excluding hydrogens is 368 g/mol. The summed E-state index contributed by atoms with van der Waals surface area (Å²) in [7, 11) is 0. The van der Waals surface area contributed by atoms with Gasteiger partial charge in [0.1, 0.15) is 11.9 Å². The van der Waals surface area contributed by atoms with E-state index in [4.69, 9.17) is 0 Å². The second-order valence-electron chi connectivity index (χ2n) is 7.87. The van der Waals surface area contributed by atoms with E-state index < -0.39 is 29.4 Å². The van der Waals surface area contributed by atoms with E-state index in [1.807, 2.05) is 18.2 Å². The molecule has 1 fully saturated rings. The van der Waals surface area contributed by atoms with Gasteiger partial charge in [0.15, 0.2) is 0 Å². The molecule has 1 aromatic carbocycles. The van der Waals surface area contributed by atoms with Crippen LogP contribution in [0.25, 0.3) is 0 Å². The van der Waals surface area contributed by atoms with Crippen LogP contribution in [-0.4, -0.2) is 27.3 Å². The predicted octanol–water partition coefficient (Wildman–Crippen LogP) is 4.11. The Kier molecular flexibility index (Phi) is 6.75. The summed E-state index contributed by atoms with van der Waals surface area (Å²) in [6.45, 7) is 2.10. The van der Waals surface area contributed by atoms with Gasteiger partial charge in [0, 0.05) is 11.1 Å². The number of benzene rings is 1. The number of carbonyl (C=O) groups excluding carboxylic acids is 1. The molecule has 1 saturated carbocycles. The topological polar surface area (TPSA) is 93.3 Å². The largest absolute Gasteiger partial charge is 0.382 e. The number of hydrogen-bond donors (Lipinski definition) is 1. The van der Waals surface area contributed by atoms with Crippen LogP contribution in [-0.2, 0) is 10.4 Å². The molecule has 29 heavy (non-hydrogen) atoms. The lowest BCUT2D eigenvalue weighted by atomic mass is 9.77. The number of carbonyl (C=O) groups is 1. The Hall–Kier alpha value is -2.60. The first-order chi connectivity index (χ1) is 14.1. The van der Waals surface area contributed by atoms with Crippen molar-refractivity contribution in [2.45, 2.75) is 56.6 Å². The molecule has 0 amide bonds. The number of unbranched alkanes of at least 4 members (excludes halogenated alkanes) is 3. The van der Waals surface area contributed by atoms with E-state index in [0.29, 0.717) is 24.0 Å². The molecule has 1 aliphatic rings. The van der Waals surface area contributed by atoms with E-state index in [2.05, 4.69) is 11.9 Å². The summed E-state index contributed by atoms with van der Waals surface area (Å²) in [5.74, 6) is -2.33. The maximum absolute atomic E-state index is 12.3. The minimum Gasteiger partial charge on any atom is -0.382 e. The van der Waals surface area contributed by atoms with E-state index in [9.17, 15) is 20.0 Å². The highest BCUT2D eigenvalue weighted by Gasteiger charge is 2.66. The zero-order valence-corrected chi connectivity index (χ0v) is 16.7. The molecule has 0 radical (unpaired) electrons. The molecule has 0 aliphatic heterocycles. The average molecular weight is 396 g/mol. The summed E-state index contributed by atoms with van der Waals surface area (Å²) in [5, 5.41) is 24.1. The third kappa shape index (κ3) is 3.94. The first kappa shape index (κ1) is 21.1. The number of rotatable bonds is 9. The van der Waals surface area contributed by atoms with Gasteiger partial charge in [0.05, 0.1) is 23.4 Å². The number of nitrogens with zero attached hydrogens (tertiary/aromatic N) is 2. The SMILES string of the molecule is CCCCCC[C@H]1[C@H]([N+](=O)[O-])[C@H](c2ccccc2)[C@@H](C=O)[C@]1(O)c1ccccn1. The van der Waals surface area contributed by atoms with E-state index in [0.717, 1.165) is 25.7 Å². The summed E-state index contributed by atoms with van der Waals surface area (Å²) in [4.78, 5) is 28.5. The van der Waals surface area contributed by atoms with Crippen molar-refractivity contribution < 1.29 is 14.8 Å². The van der Waals surface area contributed by atoms with Crippen molar-refractivity contribution >= 4 is 6.29 Å². The third-order valence-electron chi connectivity index (χ3n) is 6.26. The van der Waals surface area contributed by atoms with Crippen LogP contribution in [0.3, 0.4) is 0 Å². The van der Waals surface area contributed by atoms with Gasteiger partial charge in [0.2, 0.25) is 6.04 Å². The average Bonchev–Trinajstić information content (AvgIpc) is 3.01. The molecule has 0 unspecified atom stereocenters. The zero-order chi connectivity index (χ0) is 20.9. The quantitative estimate of drug-likeness (QED) is 0.298. The highest BCUT2D eigenvalue weighted by Crippen LogP contribution is 2.56. The highest BCUT2D eigenvalue weighted by atomic mass is 16.6. The van der Waals surface area contributed by atoms with E-state index >= 15 is 0 Å². The fourth-order valence-corrected chi connectivity index (χ4v) is 4.93. The standard InChI is InChI=1S/C23H28N2O4/c1-2-3-4-8-13-18-22(25(28)29)21(17-11-6-5-7-12-17)19(16-26)23(18,27)20-14-9-10-15-24-20/h5-7,9-12,14-16,18-19,21-22,27H,2-4,8,13H2,1H3/t18-,19+,21+,22-,23-/m0/s1. The molecule has 1 aliphatic carbocycles. The van der Waals surface area contributed by atoms with Gasteiger partial charge in [-0.1, -0.05) is 69.0 Å². The van der Waals surface area contributed by atoms with Crippen LogP contribution < -0.4 is 0 Å². The highest BCUT2D eigenvalue weighted by molar-refractivity contribution is 5.61. The Labute approximate surface area is 171 Å². The molecule has 6 nitrogen and oxygen atoms in total. The summed E-state index contributed by atoms with van der Waals surface area (Å²) in [6.07, 6.45) is 6.53. The van der Waals surface area contributed by atoms with E-state index in [1.165, 1.54) is 0 Å². The van der Waals surface area contributed by atoms with Crippen LogP contribution in [0, 0.1) is 22.0 Å². The summed E-state index contributed by atoms with van der Waals surface area (Å²) in [6, 6.07) is 13.1. The van der Waals surface area contributed by atoms with Gasteiger partial charge < -0.3 is 9.90 Å². The zero-order valence-electron chi connectivity index (χ0n) is 16.7. The molecule has 0 spiro atoms. The van der Waals surface area contributed by atoms with Crippen LogP contribution in [0.4, 0.5) is 0 Å². The molecule has 0 saturated heterocycles. The first-order valence-corrected chi connectivity index (χ1v) is 10.3. The lowest BCUT2D eigenvalue weighted by Crippen LogP contribution is -2.41. The lowest BCUT2D eigenvalue weighted by molar-refractivity contribution is -0.534. The van der Waals surface area contributed by atoms with E-state index in [1.54, 1.807) is 36.5 Å². The Balaban J connectivity index is 2.11. The molecule has 2 aromatic rings. The molecular formula is C23H28N2O4. The number of aldehydes is 1. The maximum atomic E-state index is 12.3. The van der Waals surface area contributed by atoms with Crippen LogP contribution in [0.2, 0.25) is 0 Å². The van der Waals surface area contributed by atoms with Crippen molar-refractivity contribution in [1.82, 2.24) is 4.98 Å². The van der Waals surface area contributed by atoms with Crippen molar-refractivity contribution in [2.24, 2.45) is 11.8 Å². The molecule has 3 rings (SSSR count). The fraction of sp³-hybridized carbons (Fsp3) is 0.478. The molecule has 154 valence electrons. The molecule has 0 bridgehead atoms. The van der Waals surface area contributed by atoms with Gasteiger partial charge in [-0.25, -0.2) is 0 Å². The Morgan fingerprint density at radius 1 is 1.14 bits per heavy atom. The van der Waals surface area contributed by atoms with Crippen LogP contribution in [0.1, 0.15) is 56.2 Å². The summed E-state index contributed by atoms with van der Waals surface area (Å²) in [5.41, 5.74) is -0.632. The monoisotopic (exact) mass is 396 g/mol. The summed E-state index contributed by atoms with van der Waals surface area (Å²) < 4.78 is 0. The molecule has 1 heterocycles. The molecule has 5 atom stereocenters. The van der Waals surface area contributed by atoms with Crippen LogP contribution in [0.5, 0.6) is 0 Å². The number of hydrogen-bond acceptors (Lipinski definition) is 5. The Bertz CT molecular complexity index is 814. The third-order valence-corrected chi connectivity index (χ3v) is 6.26. The van der Waals surface area contributed by atoms with Crippen molar-refractivity contribution in [1.29, 1.82) is 0 Å². The maximum Gasteiger partial charge on any atom is 0.226 e. The number of nitro groups is 1. The van der Waals surface area contributed by atoms with Crippen LogP contribution in [0.15, 0.2) is 54.7 Å². The Morgan fingerprint density at radius 2 is 1.86 bits per heavy atom. The normalized spacial score (nSPS) is 28.9. The number of aliphatic hydroxyl groups is 1. The lowest BCUT2D eigenvalue weighted by Gasteiger charge is -2.32.